The molecule has 0 bridgehead atoms. The average Bonchev–Trinajstić information content (AvgIpc) is 2.75. The first-order chi connectivity index (χ1) is 14.5. The third-order valence-corrected chi connectivity index (χ3v) is 4.35. The van der Waals surface area contributed by atoms with Crippen molar-refractivity contribution in [3.05, 3.63) is 84.4 Å². The van der Waals surface area contributed by atoms with Crippen molar-refractivity contribution in [2.45, 2.75) is 26.5 Å². The Kier molecular flexibility index (Phi) is 7.05. The van der Waals surface area contributed by atoms with Gasteiger partial charge in [-0.05, 0) is 61.0 Å². The van der Waals surface area contributed by atoms with Gasteiger partial charge < -0.3 is 20.7 Å². The number of nitrogens with one attached hydrogen (secondary N) is 3. The van der Waals surface area contributed by atoms with Crippen molar-refractivity contribution in [2.24, 2.45) is 0 Å². The van der Waals surface area contributed by atoms with Crippen molar-refractivity contribution < 1.29 is 14.3 Å². The Bertz CT molecular complexity index is 971. The van der Waals surface area contributed by atoms with E-state index in [1.54, 1.807) is 31.2 Å². The molecular formula is C24H25N3O3. The first-order valence-electron chi connectivity index (χ1n) is 9.71. The van der Waals surface area contributed by atoms with Crippen LogP contribution in [0.1, 0.15) is 19.4 Å². The van der Waals surface area contributed by atoms with E-state index in [4.69, 9.17) is 4.74 Å². The van der Waals surface area contributed by atoms with Gasteiger partial charge in [-0.2, -0.15) is 0 Å². The second-order valence-electron chi connectivity index (χ2n) is 6.91. The highest BCUT2D eigenvalue weighted by atomic mass is 16.5. The molecule has 0 aliphatic carbocycles. The molecule has 1 atom stereocenters. The summed E-state index contributed by atoms with van der Waals surface area (Å²) in [6.07, 6.45) is 0. The van der Waals surface area contributed by atoms with E-state index in [1.807, 2.05) is 54.6 Å². The predicted molar refractivity (Wildman–Crippen MR) is 120 cm³/mol. The van der Waals surface area contributed by atoms with Crippen LogP contribution < -0.4 is 20.7 Å². The number of hydrogen-bond donors (Lipinski definition) is 3. The van der Waals surface area contributed by atoms with Gasteiger partial charge >= 0.3 is 0 Å². The van der Waals surface area contributed by atoms with Crippen LogP contribution in [0.3, 0.4) is 0 Å². The summed E-state index contributed by atoms with van der Waals surface area (Å²) in [6.45, 7) is 3.75. The summed E-state index contributed by atoms with van der Waals surface area (Å²) in [6, 6.07) is 24.0. The van der Waals surface area contributed by atoms with E-state index in [9.17, 15) is 9.59 Å². The molecule has 30 heavy (non-hydrogen) atoms. The lowest BCUT2D eigenvalue weighted by Crippen LogP contribution is -2.31. The molecule has 0 unspecified atom stereocenters. The van der Waals surface area contributed by atoms with Crippen LogP contribution in [0, 0.1) is 0 Å². The number of anilines is 3. The van der Waals surface area contributed by atoms with Crippen molar-refractivity contribution in [1.82, 2.24) is 0 Å². The summed E-state index contributed by atoms with van der Waals surface area (Å²) in [5, 5.41) is 8.72. The van der Waals surface area contributed by atoms with Gasteiger partial charge in [-0.1, -0.05) is 30.3 Å². The van der Waals surface area contributed by atoms with E-state index in [1.165, 1.54) is 6.92 Å². The fraction of sp³-hybridized carbons (Fsp3) is 0.167. The summed E-state index contributed by atoms with van der Waals surface area (Å²) >= 11 is 0. The minimum atomic E-state index is -0.434. The van der Waals surface area contributed by atoms with Gasteiger partial charge in [-0.15, -0.1) is 0 Å². The smallest absolute Gasteiger partial charge is 0.246 e. The van der Waals surface area contributed by atoms with Gasteiger partial charge in [0.2, 0.25) is 11.8 Å². The third-order valence-electron chi connectivity index (χ3n) is 4.35. The zero-order chi connectivity index (χ0) is 21.3. The Morgan fingerprint density at radius 3 is 1.97 bits per heavy atom. The zero-order valence-electron chi connectivity index (χ0n) is 17.0. The van der Waals surface area contributed by atoms with Gasteiger partial charge in [0.1, 0.15) is 18.4 Å². The number of carbonyl (C=O) groups excluding carboxylic acids is 2. The summed E-state index contributed by atoms with van der Waals surface area (Å²) in [5.74, 6) is 0.466. The molecule has 3 N–H and O–H groups in total. The zero-order valence-corrected chi connectivity index (χ0v) is 17.0. The van der Waals surface area contributed by atoms with Crippen LogP contribution in [0.2, 0.25) is 0 Å². The van der Waals surface area contributed by atoms with Crippen molar-refractivity contribution in [3.8, 4) is 5.75 Å². The fourth-order valence-electron chi connectivity index (χ4n) is 2.79. The molecule has 0 aromatic heterocycles. The van der Waals surface area contributed by atoms with Crippen molar-refractivity contribution in [3.63, 3.8) is 0 Å². The molecule has 0 aliphatic heterocycles. The summed E-state index contributed by atoms with van der Waals surface area (Å²) in [7, 11) is 0. The van der Waals surface area contributed by atoms with Crippen LogP contribution in [0.5, 0.6) is 5.75 Å². The molecule has 3 rings (SSSR count). The second kappa shape index (κ2) is 10.1. The predicted octanol–water partition coefficient (Wildman–Crippen LogP) is 4.66. The third kappa shape index (κ3) is 6.38. The standard InChI is InChI=1S/C24H25N3O3/c1-17(24(29)27-22-10-8-21(9-11-22)26-18(2)28)25-20-12-14-23(15-13-20)30-16-19-6-4-3-5-7-19/h3-15,17,25H,16H2,1-2H3,(H,26,28)(H,27,29)/t17-/m0/s1. The summed E-state index contributed by atoms with van der Waals surface area (Å²) < 4.78 is 5.78. The van der Waals surface area contributed by atoms with Crippen LogP contribution in [-0.2, 0) is 16.2 Å². The van der Waals surface area contributed by atoms with Gasteiger partial charge in [0.15, 0.2) is 0 Å². The van der Waals surface area contributed by atoms with Gasteiger partial charge in [0.25, 0.3) is 0 Å². The monoisotopic (exact) mass is 403 g/mol. The van der Waals surface area contributed by atoms with Crippen molar-refractivity contribution in [2.75, 3.05) is 16.0 Å². The Morgan fingerprint density at radius 1 is 0.800 bits per heavy atom. The first kappa shape index (κ1) is 20.9. The number of carbonyl (C=O) groups is 2. The van der Waals surface area contributed by atoms with E-state index >= 15 is 0 Å². The van der Waals surface area contributed by atoms with Gasteiger partial charge in [0.05, 0.1) is 0 Å². The van der Waals surface area contributed by atoms with Crippen LogP contribution in [0.25, 0.3) is 0 Å². The molecule has 6 nitrogen and oxygen atoms in total. The quantitative estimate of drug-likeness (QED) is 0.511. The minimum Gasteiger partial charge on any atom is -0.489 e. The number of rotatable bonds is 8. The molecule has 6 heteroatoms. The molecule has 0 spiro atoms. The van der Waals surface area contributed by atoms with E-state index in [0.29, 0.717) is 18.0 Å². The molecule has 0 heterocycles. The van der Waals surface area contributed by atoms with E-state index in [0.717, 1.165) is 17.0 Å². The Balaban J connectivity index is 1.49. The highest BCUT2D eigenvalue weighted by Crippen LogP contribution is 2.18. The Morgan fingerprint density at radius 2 is 1.37 bits per heavy atom. The SMILES string of the molecule is CC(=O)Nc1ccc(NC(=O)[C@H](C)Nc2ccc(OCc3ccccc3)cc2)cc1. The van der Waals surface area contributed by atoms with Gasteiger partial charge in [-0.3, -0.25) is 9.59 Å². The van der Waals surface area contributed by atoms with Gasteiger partial charge in [0, 0.05) is 24.0 Å². The Labute approximate surface area is 176 Å². The topological polar surface area (TPSA) is 79.5 Å². The number of hydrogen-bond acceptors (Lipinski definition) is 4. The maximum atomic E-state index is 12.4. The maximum absolute atomic E-state index is 12.4. The first-order valence-corrected chi connectivity index (χ1v) is 9.71. The lowest BCUT2D eigenvalue weighted by molar-refractivity contribution is -0.116. The highest BCUT2D eigenvalue weighted by molar-refractivity contribution is 5.96. The molecule has 0 saturated carbocycles. The highest BCUT2D eigenvalue weighted by Gasteiger charge is 2.13. The second-order valence-corrected chi connectivity index (χ2v) is 6.91. The van der Waals surface area contributed by atoms with E-state index < -0.39 is 6.04 Å². The van der Waals surface area contributed by atoms with Crippen LogP contribution in [0.4, 0.5) is 17.1 Å². The molecule has 0 saturated heterocycles. The van der Waals surface area contributed by atoms with Crippen LogP contribution >= 0.6 is 0 Å². The minimum absolute atomic E-state index is 0.138. The molecular weight excluding hydrogens is 378 g/mol. The fourth-order valence-corrected chi connectivity index (χ4v) is 2.79. The molecule has 0 radical (unpaired) electrons. The molecule has 154 valence electrons. The molecule has 0 aliphatic rings. The normalized spacial score (nSPS) is 11.3. The van der Waals surface area contributed by atoms with Gasteiger partial charge in [-0.25, -0.2) is 0 Å². The van der Waals surface area contributed by atoms with Crippen molar-refractivity contribution >= 4 is 28.9 Å². The molecule has 3 aromatic carbocycles. The van der Waals surface area contributed by atoms with E-state index in [2.05, 4.69) is 16.0 Å². The van der Waals surface area contributed by atoms with Crippen molar-refractivity contribution in [1.29, 1.82) is 0 Å². The Hall–Kier alpha value is -3.80. The van der Waals surface area contributed by atoms with E-state index in [-0.39, 0.29) is 11.8 Å². The lowest BCUT2D eigenvalue weighted by atomic mass is 10.2. The summed E-state index contributed by atoms with van der Waals surface area (Å²) in [5.41, 5.74) is 3.27. The number of ether oxygens (including phenoxy) is 1. The molecule has 3 aromatic rings. The lowest BCUT2D eigenvalue weighted by Gasteiger charge is -2.16. The van der Waals surface area contributed by atoms with Crippen LogP contribution in [-0.4, -0.2) is 17.9 Å². The maximum Gasteiger partial charge on any atom is 0.246 e. The average molecular weight is 403 g/mol. The molecule has 2 amide bonds. The molecule has 0 fully saturated rings. The largest absolute Gasteiger partial charge is 0.489 e. The van der Waals surface area contributed by atoms with Crippen LogP contribution in [0.15, 0.2) is 78.9 Å². The summed E-state index contributed by atoms with van der Waals surface area (Å²) in [4.78, 5) is 23.5. The number of benzene rings is 3. The number of amides is 2.